The van der Waals surface area contributed by atoms with Gasteiger partial charge in [0, 0.05) is 10.8 Å². The highest BCUT2D eigenvalue weighted by atomic mass is 32.1. The van der Waals surface area contributed by atoms with E-state index in [2.05, 4.69) is 32.9 Å². The molecule has 0 amide bonds. The van der Waals surface area contributed by atoms with E-state index >= 15 is 0 Å². The van der Waals surface area contributed by atoms with E-state index in [9.17, 15) is 0 Å². The van der Waals surface area contributed by atoms with Crippen molar-refractivity contribution in [2.45, 2.75) is 0 Å². The van der Waals surface area contributed by atoms with Gasteiger partial charge in [0.15, 0.2) is 5.11 Å². The van der Waals surface area contributed by atoms with Crippen molar-refractivity contribution in [1.82, 2.24) is 15.6 Å². The van der Waals surface area contributed by atoms with E-state index in [0.717, 1.165) is 10.8 Å². The first kappa shape index (κ1) is 10.4. The molecule has 16 heavy (non-hydrogen) atoms. The fourth-order valence-corrected chi connectivity index (χ4v) is 1.36. The van der Waals surface area contributed by atoms with Crippen molar-refractivity contribution in [2.24, 2.45) is 10.8 Å². The van der Waals surface area contributed by atoms with Crippen molar-refractivity contribution < 1.29 is 0 Å². The lowest BCUT2D eigenvalue weighted by Gasteiger charge is -1.99. The zero-order chi connectivity index (χ0) is 11.4. The minimum Gasteiger partial charge on any atom is -0.375 e. The molecular formula is C10H9N5S. The van der Waals surface area contributed by atoms with Crippen LogP contribution in [0.15, 0.2) is 35.6 Å². The molecule has 1 aromatic carbocycles. The fourth-order valence-electron chi connectivity index (χ4n) is 1.30. The molecule has 0 radical (unpaired) electrons. The van der Waals surface area contributed by atoms with Gasteiger partial charge < -0.3 is 5.73 Å². The summed E-state index contributed by atoms with van der Waals surface area (Å²) in [4.78, 5) is 0. The zero-order valence-corrected chi connectivity index (χ0v) is 9.11. The Hall–Kier alpha value is -2.08. The molecule has 0 aliphatic heterocycles. The molecule has 0 spiro atoms. The van der Waals surface area contributed by atoms with Crippen LogP contribution in [0.25, 0.3) is 10.8 Å². The summed E-state index contributed by atoms with van der Waals surface area (Å²) in [6, 6.07) is 7.79. The molecule has 80 valence electrons. The molecule has 0 atom stereocenters. The van der Waals surface area contributed by atoms with E-state index in [4.69, 9.17) is 5.73 Å². The van der Waals surface area contributed by atoms with Gasteiger partial charge in [-0.15, -0.1) is 5.10 Å². The average Bonchev–Trinajstić information content (AvgIpc) is 2.29. The second kappa shape index (κ2) is 4.63. The molecule has 2 aromatic rings. The molecule has 3 N–H and O–H groups in total. The number of nitrogens with two attached hydrogens (primary N) is 1. The van der Waals surface area contributed by atoms with Gasteiger partial charge in [-0.2, -0.15) is 10.2 Å². The first-order valence-electron chi connectivity index (χ1n) is 4.56. The van der Waals surface area contributed by atoms with E-state index in [0.29, 0.717) is 5.69 Å². The van der Waals surface area contributed by atoms with Crippen LogP contribution in [0, 0.1) is 0 Å². The third-order valence-electron chi connectivity index (χ3n) is 1.96. The molecular weight excluding hydrogens is 222 g/mol. The van der Waals surface area contributed by atoms with Gasteiger partial charge in [0.25, 0.3) is 0 Å². The maximum absolute atomic E-state index is 5.24. The van der Waals surface area contributed by atoms with E-state index in [1.54, 1.807) is 6.20 Å². The standard InChI is InChI=1S/C10H9N5S/c11-10(16)15-13-6-9-8-4-2-1-3-7(8)5-12-14-9/h1-6H,(H3,11,15,16). The quantitative estimate of drug-likeness (QED) is 0.454. The van der Waals surface area contributed by atoms with Gasteiger partial charge in [-0.3, -0.25) is 5.43 Å². The Morgan fingerprint density at radius 1 is 1.44 bits per heavy atom. The molecule has 0 saturated heterocycles. The summed E-state index contributed by atoms with van der Waals surface area (Å²) in [6.07, 6.45) is 3.24. The second-order valence-electron chi connectivity index (χ2n) is 3.05. The van der Waals surface area contributed by atoms with Gasteiger partial charge in [-0.1, -0.05) is 24.3 Å². The summed E-state index contributed by atoms with van der Waals surface area (Å²) in [6.45, 7) is 0. The van der Waals surface area contributed by atoms with Crippen LogP contribution in [-0.2, 0) is 0 Å². The normalized spacial score (nSPS) is 10.8. The van der Waals surface area contributed by atoms with Gasteiger partial charge >= 0.3 is 0 Å². The second-order valence-corrected chi connectivity index (χ2v) is 3.49. The van der Waals surface area contributed by atoms with E-state index in [1.165, 1.54) is 6.21 Å². The minimum atomic E-state index is 0.115. The Kier molecular flexibility index (Phi) is 3.02. The van der Waals surface area contributed by atoms with Crippen molar-refractivity contribution in [3.05, 3.63) is 36.2 Å². The highest BCUT2D eigenvalue weighted by molar-refractivity contribution is 7.80. The number of hydrazone groups is 1. The third kappa shape index (κ3) is 2.29. The lowest BCUT2D eigenvalue weighted by Crippen LogP contribution is -2.24. The van der Waals surface area contributed by atoms with Crippen LogP contribution in [-0.4, -0.2) is 21.5 Å². The first-order valence-corrected chi connectivity index (χ1v) is 4.97. The molecule has 5 nitrogen and oxygen atoms in total. The molecule has 0 unspecified atom stereocenters. The van der Waals surface area contributed by atoms with Crippen LogP contribution in [0.2, 0.25) is 0 Å². The third-order valence-corrected chi connectivity index (χ3v) is 2.05. The highest BCUT2D eigenvalue weighted by Gasteiger charge is 1.99. The number of thiocarbonyl (C=S) groups is 1. The molecule has 1 aromatic heterocycles. The topological polar surface area (TPSA) is 76.2 Å². The van der Waals surface area contributed by atoms with Gasteiger partial charge in [0.1, 0.15) is 5.69 Å². The van der Waals surface area contributed by atoms with Crippen molar-refractivity contribution in [2.75, 3.05) is 0 Å². The largest absolute Gasteiger partial charge is 0.375 e. The Balaban J connectivity index is 2.37. The lowest BCUT2D eigenvalue weighted by molar-refractivity contribution is 1.01. The summed E-state index contributed by atoms with van der Waals surface area (Å²) >= 11 is 4.62. The van der Waals surface area contributed by atoms with Crippen LogP contribution in [0.5, 0.6) is 0 Å². The van der Waals surface area contributed by atoms with Crippen molar-refractivity contribution in [3.8, 4) is 0 Å². The molecule has 0 bridgehead atoms. The first-order chi connectivity index (χ1) is 7.77. The van der Waals surface area contributed by atoms with E-state index < -0.39 is 0 Å². The number of aromatic nitrogens is 2. The monoisotopic (exact) mass is 231 g/mol. The van der Waals surface area contributed by atoms with Crippen molar-refractivity contribution in [1.29, 1.82) is 0 Å². The van der Waals surface area contributed by atoms with Crippen LogP contribution >= 0.6 is 12.2 Å². The smallest absolute Gasteiger partial charge is 0.184 e. The minimum absolute atomic E-state index is 0.115. The zero-order valence-electron chi connectivity index (χ0n) is 8.29. The van der Waals surface area contributed by atoms with Crippen LogP contribution < -0.4 is 11.2 Å². The van der Waals surface area contributed by atoms with Crippen LogP contribution in [0.3, 0.4) is 0 Å². The maximum atomic E-state index is 5.24. The number of benzene rings is 1. The summed E-state index contributed by atoms with van der Waals surface area (Å²) in [7, 11) is 0. The van der Waals surface area contributed by atoms with E-state index in [1.807, 2.05) is 24.3 Å². The summed E-state index contributed by atoms with van der Waals surface area (Å²) < 4.78 is 0. The number of fused-ring (bicyclic) bond motifs is 1. The fraction of sp³-hybridized carbons (Fsp3) is 0. The molecule has 0 aliphatic rings. The highest BCUT2D eigenvalue weighted by Crippen LogP contribution is 2.13. The Morgan fingerprint density at radius 2 is 2.25 bits per heavy atom. The van der Waals surface area contributed by atoms with Gasteiger partial charge in [0.2, 0.25) is 0 Å². The van der Waals surface area contributed by atoms with Gasteiger partial charge in [0.05, 0.1) is 12.4 Å². The van der Waals surface area contributed by atoms with Crippen LogP contribution in [0.4, 0.5) is 0 Å². The summed E-state index contributed by atoms with van der Waals surface area (Å²) in [5.41, 5.74) is 8.38. The Morgan fingerprint density at radius 3 is 3.06 bits per heavy atom. The van der Waals surface area contributed by atoms with Crippen molar-refractivity contribution >= 4 is 34.3 Å². The van der Waals surface area contributed by atoms with Gasteiger partial charge in [-0.05, 0) is 12.2 Å². The van der Waals surface area contributed by atoms with Crippen LogP contribution in [0.1, 0.15) is 5.69 Å². The number of nitrogens with one attached hydrogen (secondary N) is 1. The lowest BCUT2D eigenvalue weighted by atomic mass is 10.1. The molecule has 6 heteroatoms. The predicted molar refractivity (Wildman–Crippen MR) is 67.1 cm³/mol. The number of hydrogen-bond donors (Lipinski definition) is 2. The van der Waals surface area contributed by atoms with Crippen molar-refractivity contribution in [3.63, 3.8) is 0 Å². The summed E-state index contributed by atoms with van der Waals surface area (Å²) in [5.74, 6) is 0. The summed E-state index contributed by atoms with van der Waals surface area (Å²) in [5, 5.41) is 13.8. The SMILES string of the molecule is NC(=S)NN=Cc1nncc2ccccc12. The number of hydrogen-bond acceptors (Lipinski definition) is 4. The molecule has 1 heterocycles. The maximum Gasteiger partial charge on any atom is 0.184 e. The Bertz CT molecular complexity index is 546. The predicted octanol–water partition coefficient (Wildman–Crippen LogP) is 0.797. The molecule has 0 fully saturated rings. The number of nitrogens with zero attached hydrogens (tertiary/aromatic N) is 3. The van der Waals surface area contributed by atoms with E-state index in [-0.39, 0.29) is 5.11 Å². The molecule has 0 aliphatic carbocycles. The Labute approximate surface area is 97.4 Å². The molecule has 2 rings (SSSR count). The molecule has 0 saturated carbocycles. The number of rotatable bonds is 2. The average molecular weight is 231 g/mol. The van der Waals surface area contributed by atoms with Gasteiger partial charge in [-0.25, -0.2) is 0 Å².